The molecule has 0 aliphatic heterocycles. The van der Waals surface area contributed by atoms with Gasteiger partial charge < -0.3 is 9.47 Å². The van der Waals surface area contributed by atoms with Gasteiger partial charge in [0.1, 0.15) is 17.2 Å². The quantitative estimate of drug-likeness (QED) is 0.617. The third kappa shape index (κ3) is 4.33. The first-order valence-electron chi connectivity index (χ1n) is 5.90. The molecule has 0 spiro atoms. The first-order chi connectivity index (χ1) is 8.43. The van der Waals surface area contributed by atoms with Gasteiger partial charge in [0, 0.05) is 0 Å². The summed E-state index contributed by atoms with van der Waals surface area (Å²) in [6, 6.07) is 6.11. The molecular formula is C14H19BrO3. The molecule has 0 radical (unpaired) electrons. The highest BCUT2D eigenvalue weighted by Gasteiger charge is 2.16. The van der Waals surface area contributed by atoms with Crippen molar-refractivity contribution in [3.8, 4) is 5.75 Å². The van der Waals surface area contributed by atoms with Crippen molar-refractivity contribution in [3.05, 3.63) is 29.3 Å². The minimum atomic E-state index is -0.439. The second-order valence-electron chi connectivity index (χ2n) is 4.54. The van der Waals surface area contributed by atoms with Crippen molar-refractivity contribution < 1.29 is 14.3 Å². The van der Waals surface area contributed by atoms with Crippen molar-refractivity contribution in [3.63, 3.8) is 0 Å². The Morgan fingerprint density at radius 1 is 1.33 bits per heavy atom. The molecule has 0 bridgehead atoms. The molecule has 1 rings (SSSR count). The van der Waals surface area contributed by atoms with Gasteiger partial charge >= 0.3 is 5.97 Å². The van der Waals surface area contributed by atoms with E-state index < -0.39 is 4.83 Å². The lowest BCUT2D eigenvalue weighted by Gasteiger charge is -2.13. The molecule has 1 aromatic carbocycles. The Balaban J connectivity index is 2.70. The summed E-state index contributed by atoms with van der Waals surface area (Å²) in [5.74, 6) is 0.909. The number of hydrogen-bond acceptors (Lipinski definition) is 3. The Labute approximate surface area is 117 Å². The average Bonchev–Trinajstić information content (AvgIpc) is 2.34. The highest BCUT2D eigenvalue weighted by molar-refractivity contribution is 9.10. The third-order valence-electron chi connectivity index (χ3n) is 2.59. The van der Waals surface area contributed by atoms with Gasteiger partial charge in [0.15, 0.2) is 0 Å². The van der Waals surface area contributed by atoms with E-state index in [4.69, 9.17) is 4.74 Å². The van der Waals surface area contributed by atoms with E-state index >= 15 is 0 Å². The Hall–Kier alpha value is -1.03. The monoisotopic (exact) mass is 314 g/mol. The van der Waals surface area contributed by atoms with Crippen LogP contribution in [0, 0.1) is 6.92 Å². The maximum atomic E-state index is 11.2. The van der Waals surface area contributed by atoms with Crippen molar-refractivity contribution >= 4 is 21.9 Å². The molecule has 4 heteroatoms. The molecule has 0 saturated carbocycles. The Morgan fingerprint density at radius 3 is 2.56 bits per heavy atom. The maximum Gasteiger partial charge on any atom is 0.322 e. The van der Waals surface area contributed by atoms with Gasteiger partial charge in [-0.1, -0.05) is 35.8 Å². The molecular weight excluding hydrogens is 296 g/mol. The third-order valence-corrected chi connectivity index (χ3v) is 3.23. The zero-order chi connectivity index (χ0) is 13.7. The summed E-state index contributed by atoms with van der Waals surface area (Å²) < 4.78 is 10.2. The van der Waals surface area contributed by atoms with Crippen LogP contribution in [0.1, 0.15) is 30.9 Å². The molecule has 1 aromatic rings. The minimum Gasteiger partial charge on any atom is -0.492 e. The van der Waals surface area contributed by atoms with Crippen LogP contribution in [0.4, 0.5) is 0 Å². The molecule has 0 amide bonds. The molecule has 0 saturated heterocycles. The Kier molecular flexibility index (Phi) is 5.66. The molecule has 1 unspecified atom stereocenters. The van der Waals surface area contributed by atoms with Crippen LogP contribution in [0.3, 0.4) is 0 Å². The van der Waals surface area contributed by atoms with Crippen molar-refractivity contribution in [2.75, 3.05) is 13.7 Å². The number of halogens is 1. The fraction of sp³-hybridized carbons (Fsp3) is 0.500. The van der Waals surface area contributed by atoms with Gasteiger partial charge in [-0.2, -0.15) is 0 Å². The molecule has 0 fully saturated rings. The van der Waals surface area contributed by atoms with E-state index in [-0.39, 0.29) is 12.6 Å². The number of benzene rings is 1. The van der Waals surface area contributed by atoms with Gasteiger partial charge in [-0.15, -0.1) is 0 Å². The smallest absolute Gasteiger partial charge is 0.322 e. The SMILES string of the molecule is COC(=O)C(Br)COc1cc(C)cc(C(C)C)c1. The highest BCUT2D eigenvalue weighted by Crippen LogP contribution is 2.23. The van der Waals surface area contributed by atoms with Crippen molar-refractivity contribution in [1.82, 2.24) is 0 Å². The number of methoxy groups -OCH3 is 1. The fourth-order valence-electron chi connectivity index (χ4n) is 1.56. The second-order valence-corrected chi connectivity index (χ2v) is 5.64. The molecule has 18 heavy (non-hydrogen) atoms. The zero-order valence-electron chi connectivity index (χ0n) is 11.2. The predicted octanol–water partition coefficient (Wildman–Crippen LogP) is 3.43. The van der Waals surface area contributed by atoms with E-state index in [9.17, 15) is 4.79 Å². The minimum absolute atomic E-state index is 0.258. The van der Waals surface area contributed by atoms with E-state index in [0.717, 1.165) is 11.3 Å². The summed E-state index contributed by atoms with van der Waals surface area (Å²) in [7, 11) is 1.36. The normalized spacial score (nSPS) is 12.3. The zero-order valence-corrected chi connectivity index (χ0v) is 12.8. The number of carbonyl (C=O) groups excluding carboxylic acids is 1. The largest absolute Gasteiger partial charge is 0.492 e. The van der Waals surface area contributed by atoms with E-state index in [0.29, 0.717) is 5.92 Å². The number of rotatable bonds is 5. The van der Waals surface area contributed by atoms with Crippen LogP contribution in [0.15, 0.2) is 18.2 Å². The first kappa shape index (κ1) is 15.0. The molecule has 0 aliphatic carbocycles. The number of alkyl halides is 1. The van der Waals surface area contributed by atoms with Crippen LogP contribution in [-0.2, 0) is 9.53 Å². The standard InChI is InChI=1S/C14H19BrO3/c1-9(2)11-5-10(3)6-12(7-11)18-8-13(15)14(16)17-4/h5-7,9,13H,8H2,1-4H3. The van der Waals surface area contributed by atoms with E-state index in [1.54, 1.807) is 0 Å². The van der Waals surface area contributed by atoms with Crippen molar-refractivity contribution in [1.29, 1.82) is 0 Å². The lowest BCUT2D eigenvalue weighted by atomic mass is 10.0. The molecule has 1 atom stereocenters. The molecule has 100 valence electrons. The first-order valence-corrected chi connectivity index (χ1v) is 6.82. The van der Waals surface area contributed by atoms with Gasteiger partial charge in [0.25, 0.3) is 0 Å². The topological polar surface area (TPSA) is 35.5 Å². The lowest BCUT2D eigenvalue weighted by molar-refractivity contribution is -0.140. The molecule has 0 aliphatic rings. The maximum absolute atomic E-state index is 11.2. The van der Waals surface area contributed by atoms with Gasteiger partial charge in [0.05, 0.1) is 7.11 Å². The van der Waals surface area contributed by atoms with Gasteiger partial charge in [-0.25, -0.2) is 0 Å². The van der Waals surface area contributed by atoms with Crippen LogP contribution in [-0.4, -0.2) is 24.5 Å². The Morgan fingerprint density at radius 2 is 2.00 bits per heavy atom. The summed E-state index contributed by atoms with van der Waals surface area (Å²) in [4.78, 5) is 10.8. The lowest BCUT2D eigenvalue weighted by Crippen LogP contribution is -2.23. The fourth-order valence-corrected chi connectivity index (χ4v) is 1.88. The number of esters is 1. The van der Waals surface area contributed by atoms with E-state index in [1.807, 2.05) is 19.1 Å². The number of carbonyl (C=O) groups is 1. The van der Waals surface area contributed by atoms with Crippen molar-refractivity contribution in [2.45, 2.75) is 31.5 Å². The van der Waals surface area contributed by atoms with Crippen LogP contribution in [0.2, 0.25) is 0 Å². The summed E-state index contributed by atoms with van der Waals surface area (Å²) in [5, 5.41) is 0. The average molecular weight is 315 g/mol. The molecule has 0 N–H and O–H groups in total. The van der Waals surface area contributed by atoms with E-state index in [2.05, 4.69) is 40.6 Å². The summed E-state index contributed by atoms with van der Waals surface area (Å²) in [5.41, 5.74) is 2.38. The summed E-state index contributed by atoms with van der Waals surface area (Å²) in [6.07, 6.45) is 0. The van der Waals surface area contributed by atoms with Gasteiger partial charge in [-0.3, -0.25) is 4.79 Å². The Bertz CT molecular complexity index is 416. The number of ether oxygens (including phenoxy) is 2. The number of aryl methyl sites for hydroxylation is 1. The van der Waals surface area contributed by atoms with Crippen LogP contribution < -0.4 is 4.74 Å². The number of hydrogen-bond donors (Lipinski definition) is 0. The van der Waals surface area contributed by atoms with E-state index in [1.165, 1.54) is 12.7 Å². The predicted molar refractivity (Wildman–Crippen MR) is 75.5 cm³/mol. The molecule has 0 aromatic heterocycles. The van der Waals surface area contributed by atoms with Crippen LogP contribution in [0.5, 0.6) is 5.75 Å². The highest BCUT2D eigenvalue weighted by atomic mass is 79.9. The molecule has 3 nitrogen and oxygen atoms in total. The van der Waals surface area contributed by atoms with Gasteiger partial charge in [0.2, 0.25) is 0 Å². The van der Waals surface area contributed by atoms with Crippen LogP contribution >= 0.6 is 15.9 Å². The second kappa shape index (κ2) is 6.78. The van der Waals surface area contributed by atoms with Gasteiger partial charge in [-0.05, 0) is 36.1 Å². The van der Waals surface area contributed by atoms with Crippen molar-refractivity contribution in [2.24, 2.45) is 0 Å². The summed E-state index contributed by atoms with van der Waals surface area (Å²) >= 11 is 3.23. The van der Waals surface area contributed by atoms with Crippen LogP contribution in [0.25, 0.3) is 0 Å². The summed E-state index contributed by atoms with van der Waals surface area (Å²) in [6.45, 7) is 6.57. The molecule has 0 heterocycles.